The van der Waals surface area contributed by atoms with Crippen LogP contribution in [0.1, 0.15) is 5.56 Å². The maximum atomic E-state index is 5.55. The Kier molecular flexibility index (Phi) is 5.14. The molecule has 0 unspecified atom stereocenters. The lowest BCUT2D eigenvalue weighted by Gasteiger charge is -2.14. The number of aromatic nitrogens is 4. The third kappa shape index (κ3) is 3.48. The summed E-state index contributed by atoms with van der Waals surface area (Å²) in [6, 6.07) is 54.9. The minimum Gasteiger partial charge on any atom is -0.294 e. The van der Waals surface area contributed by atoms with Gasteiger partial charge in [0, 0.05) is 43.3 Å². The van der Waals surface area contributed by atoms with E-state index in [1.807, 2.05) is 0 Å². The van der Waals surface area contributed by atoms with E-state index in [1.165, 1.54) is 65.1 Å². The van der Waals surface area contributed by atoms with E-state index in [1.54, 1.807) is 0 Å². The van der Waals surface area contributed by atoms with Crippen LogP contribution in [0, 0.1) is 6.92 Å². The van der Waals surface area contributed by atoms with E-state index >= 15 is 0 Å². The maximum absolute atomic E-state index is 5.55. The molecule has 236 valence electrons. The zero-order valence-electron chi connectivity index (χ0n) is 27.7. The Hall–Kier alpha value is -6.78. The van der Waals surface area contributed by atoms with Gasteiger partial charge in [0.05, 0.1) is 27.8 Å². The molecule has 4 aromatic heterocycles. The second-order valence-corrected chi connectivity index (χ2v) is 13.9. The minimum absolute atomic E-state index is 0.667. The summed E-state index contributed by atoms with van der Waals surface area (Å²) < 4.78 is 4.83. The molecule has 0 amide bonds. The molecule has 0 aliphatic carbocycles. The second kappa shape index (κ2) is 9.68. The zero-order valence-corrected chi connectivity index (χ0v) is 27.7. The fourth-order valence-corrected chi connectivity index (χ4v) is 8.93. The summed E-state index contributed by atoms with van der Waals surface area (Å²) in [6.07, 6.45) is 0. The average molecular weight is 649 g/mol. The van der Waals surface area contributed by atoms with E-state index in [-0.39, 0.29) is 0 Å². The van der Waals surface area contributed by atoms with Gasteiger partial charge in [-0.2, -0.15) is 0 Å². The van der Waals surface area contributed by atoms with E-state index in [0.717, 1.165) is 44.1 Å². The van der Waals surface area contributed by atoms with Crippen molar-refractivity contribution in [1.82, 2.24) is 18.9 Å². The first-order valence-electron chi connectivity index (χ1n) is 17.5. The lowest BCUT2D eigenvalue weighted by atomic mass is 9.99. The van der Waals surface area contributed by atoms with Crippen LogP contribution >= 0.6 is 0 Å². The Morgan fingerprint density at radius 2 is 1.14 bits per heavy atom. The Morgan fingerprint density at radius 1 is 0.451 bits per heavy atom. The third-order valence-electron chi connectivity index (χ3n) is 11.0. The molecule has 0 fully saturated rings. The van der Waals surface area contributed by atoms with Crippen LogP contribution in [0.5, 0.6) is 0 Å². The minimum atomic E-state index is 0.667. The van der Waals surface area contributed by atoms with Gasteiger partial charge in [-0.1, -0.05) is 127 Å². The fraction of sp³-hybridized carbons (Fsp3) is 0.0213. The van der Waals surface area contributed by atoms with Crippen molar-refractivity contribution in [2.45, 2.75) is 6.92 Å². The summed E-state index contributed by atoms with van der Waals surface area (Å²) >= 11 is 0. The number of fused-ring (bicyclic) bond motifs is 15. The topological polar surface area (TPSA) is 35.1 Å². The Morgan fingerprint density at radius 3 is 1.96 bits per heavy atom. The molecule has 0 atom stereocenters. The van der Waals surface area contributed by atoms with Crippen molar-refractivity contribution in [3.63, 3.8) is 0 Å². The summed E-state index contributed by atoms with van der Waals surface area (Å²) in [4.78, 5) is 11.1. The number of hydrogen-bond acceptors (Lipinski definition) is 2. The van der Waals surface area contributed by atoms with Gasteiger partial charge in [0.1, 0.15) is 5.65 Å². The highest BCUT2D eigenvalue weighted by molar-refractivity contribution is 6.37. The van der Waals surface area contributed by atoms with Gasteiger partial charge in [0.15, 0.2) is 0 Å². The fourth-order valence-electron chi connectivity index (χ4n) is 8.93. The molecule has 0 N–H and O–H groups in total. The smallest absolute Gasteiger partial charge is 0.237 e. The number of hydrogen-bond donors (Lipinski definition) is 0. The number of aryl methyl sites for hydroxylation is 1. The van der Waals surface area contributed by atoms with Crippen molar-refractivity contribution in [2.24, 2.45) is 0 Å². The van der Waals surface area contributed by atoms with Crippen LogP contribution < -0.4 is 0 Å². The van der Waals surface area contributed by atoms with E-state index in [2.05, 4.69) is 168 Å². The first kappa shape index (κ1) is 27.1. The second-order valence-electron chi connectivity index (χ2n) is 13.9. The molecule has 0 radical (unpaired) electrons. The number of rotatable bonds is 2. The van der Waals surface area contributed by atoms with E-state index in [0.29, 0.717) is 5.95 Å². The third-order valence-corrected chi connectivity index (χ3v) is 11.0. The molecule has 0 saturated carbocycles. The highest BCUT2D eigenvalue weighted by Gasteiger charge is 2.28. The van der Waals surface area contributed by atoms with Gasteiger partial charge in [0.25, 0.3) is 0 Å². The molecular formula is C47H28N4. The monoisotopic (exact) mass is 648 g/mol. The largest absolute Gasteiger partial charge is 0.294 e. The van der Waals surface area contributed by atoms with E-state index < -0.39 is 0 Å². The molecule has 0 bridgehead atoms. The number of para-hydroxylation sites is 1. The highest BCUT2D eigenvalue weighted by Crippen LogP contribution is 2.48. The standard InChI is InChI=1S/C47H28N4/c1-27-11-10-15-31(25-27)43-36-23-21-29-13-3-7-18-34(29)44(36)49-47(48-43)51-39-24-22-28-12-2-5-16-32(28)41(39)42-37-26-30-14-4-6-17-33(30)40-35-19-8-9-20-38(35)50(45(37)40)46(42)51/h2-26H,1H3. The van der Waals surface area contributed by atoms with Gasteiger partial charge in [-0.15, -0.1) is 0 Å². The number of nitrogens with zero attached hydrogens (tertiary/aromatic N) is 4. The Balaban J connectivity index is 1.37. The molecule has 12 rings (SSSR count). The lowest BCUT2D eigenvalue weighted by Crippen LogP contribution is -2.05. The predicted octanol–water partition coefficient (Wildman–Crippen LogP) is 12.2. The van der Waals surface area contributed by atoms with Crippen LogP contribution in [0.25, 0.3) is 110 Å². The lowest BCUT2D eigenvalue weighted by molar-refractivity contribution is 0.995. The van der Waals surface area contributed by atoms with Crippen LogP contribution in [-0.4, -0.2) is 18.9 Å². The van der Waals surface area contributed by atoms with Crippen molar-refractivity contribution >= 4 is 92.3 Å². The molecule has 0 aliphatic heterocycles. The molecule has 12 aromatic rings. The molecule has 0 saturated heterocycles. The van der Waals surface area contributed by atoms with Crippen LogP contribution in [0.2, 0.25) is 0 Å². The average Bonchev–Trinajstić information content (AvgIpc) is 3.81. The van der Waals surface area contributed by atoms with Crippen LogP contribution in [-0.2, 0) is 0 Å². The molecule has 4 heteroatoms. The van der Waals surface area contributed by atoms with Crippen LogP contribution in [0.3, 0.4) is 0 Å². The molecule has 4 nitrogen and oxygen atoms in total. The molecule has 4 heterocycles. The molecule has 0 spiro atoms. The van der Waals surface area contributed by atoms with Crippen LogP contribution in [0.4, 0.5) is 0 Å². The van der Waals surface area contributed by atoms with Gasteiger partial charge in [-0.25, -0.2) is 9.97 Å². The first-order chi connectivity index (χ1) is 25.2. The van der Waals surface area contributed by atoms with Crippen molar-refractivity contribution in [3.8, 4) is 17.2 Å². The number of benzene rings is 8. The van der Waals surface area contributed by atoms with Gasteiger partial charge >= 0.3 is 0 Å². The van der Waals surface area contributed by atoms with Gasteiger partial charge in [0.2, 0.25) is 5.95 Å². The first-order valence-corrected chi connectivity index (χ1v) is 17.5. The zero-order chi connectivity index (χ0) is 33.4. The highest BCUT2D eigenvalue weighted by atomic mass is 15.2. The van der Waals surface area contributed by atoms with Gasteiger partial charge in [-0.3, -0.25) is 8.97 Å². The molecule has 51 heavy (non-hydrogen) atoms. The Bertz CT molecular complexity index is 3440. The quantitative estimate of drug-likeness (QED) is 0.175. The maximum Gasteiger partial charge on any atom is 0.237 e. The van der Waals surface area contributed by atoms with Gasteiger partial charge < -0.3 is 0 Å². The van der Waals surface area contributed by atoms with Crippen molar-refractivity contribution < 1.29 is 0 Å². The summed E-state index contributed by atoms with van der Waals surface area (Å²) in [6.45, 7) is 2.14. The summed E-state index contributed by atoms with van der Waals surface area (Å²) in [5.74, 6) is 0.667. The SMILES string of the molecule is Cc1cccc(-c2nc(-n3c4ccc5ccccc5c4c4c5cc6ccccc6c6c7ccccc7n(c56)c43)nc3c2ccc2ccccc23)c1. The van der Waals surface area contributed by atoms with E-state index in [4.69, 9.17) is 9.97 Å². The summed E-state index contributed by atoms with van der Waals surface area (Å²) in [7, 11) is 0. The molecular weight excluding hydrogens is 621 g/mol. The molecule has 0 aliphatic rings. The van der Waals surface area contributed by atoms with Crippen LogP contribution in [0.15, 0.2) is 152 Å². The van der Waals surface area contributed by atoms with Crippen molar-refractivity contribution in [2.75, 3.05) is 0 Å². The van der Waals surface area contributed by atoms with Gasteiger partial charge in [-0.05, 0) is 64.2 Å². The normalized spacial score (nSPS) is 12.4. The summed E-state index contributed by atoms with van der Waals surface area (Å²) in [5, 5.41) is 14.5. The van der Waals surface area contributed by atoms with Crippen molar-refractivity contribution in [1.29, 1.82) is 0 Å². The summed E-state index contributed by atoms with van der Waals surface area (Å²) in [5.41, 5.74) is 8.78. The predicted molar refractivity (Wildman–Crippen MR) is 214 cm³/mol. The van der Waals surface area contributed by atoms with E-state index in [9.17, 15) is 0 Å². The Labute approximate surface area is 291 Å². The van der Waals surface area contributed by atoms with Crippen molar-refractivity contribution in [3.05, 3.63) is 157 Å². The molecule has 8 aromatic carbocycles.